The molecule has 1 atom stereocenters. The second-order valence-corrected chi connectivity index (χ2v) is 6.68. The van der Waals surface area contributed by atoms with Crippen LogP contribution in [0.2, 0.25) is 0 Å². The Labute approximate surface area is 147 Å². The normalized spacial score (nSPS) is 12.5. The van der Waals surface area contributed by atoms with Gasteiger partial charge in [-0.25, -0.2) is 4.98 Å². The van der Waals surface area contributed by atoms with Crippen LogP contribution in [0.25, 0.3) is 6.08 Å². The quantitative estimate of drug-likeness (QED) is 0.784. The number of likely N-dealkylation sites (N-methyl/N-ethyl adjacent to an activating group) is 1. The van der Waals surface area contributed by atoms with Crippen molar-refractivity contribution in [2.24, 2.45) is 0 Å². The lowest BCUT2D eigenvalue weighted by molar-refractivity contribution is -0.116. The van der Waals surface area contributed by atoms with Gasteiger partial charge in [0.15, 0.2) is 0 Å². The Balaban J connectivity index is 1.95. The molecular weight excluding hydrogens is 322 g/mol. The van der Waals surface area contributed by atoms with E-state index < -0.39 is 0 Å². The molecule has 0 aliphatic rings. The van der Waals surface area contributed by atoms with Gasteiger partial charge in [-0.2, -0.15) is 0 Å². The molecule has 1 amide bonds. The molecule has 0 aliphatic carbocycles. The Morgan fingerprint density at radius 2 is 2.08 bits per heavy atom. The minimum absolute atomic E-state index is 0.0924. The van der Waals surface area contributed by atoms with Gasteiger partial charge in [-0.05, 0) is 44.8 Å². The van der Waals surface area contributed by atoms with Crippen molar-refractivity contribution < 1.29 is 9.53 Å². The third-order valence-electron chi connectivity index (χ3n) is 3.64. The highest BCUT2D eigenvalue weighted by Gasteiger charge is 2.14. The molecule has 1 aromatic heterocycles. The first-order chi connectivity index (χ1) is 11.5. The highest BCUT2D eigenvalue weighted by molar-refractivity contribution is 7.09. The van der Waals surface area contributed by atoms with Crippen molar-refractivity contribution >= 4 is 23.3 Å². The van der Waals surface area contributed by atoms with Gasteiger partial charge in [0.1, 0.15) is 5.75 Å². The van der Waals surface area contributed by atoms with Crippen molar-refractivity contribution in [2.75, 3.05) is 27.7 Å². The Hall–Kier alpha value is -2.18. The zero-order valence-electron chi connectivity index (χ0n) is 14.4. The summed E-state index contributed by atoms with van der Waals surface area (Å²) >= 11 is 1.57. The van der Waals surface area contributed by atoms with Crippen LogP contribution in [0.5, 0.6) is 5.75 Å². The second-order valence-electron chi connectivity index (χ2n) is 5.62. The number of nitrogens with zero attached hydrogens (tertiary/aromatic N) is 2. The number of carbonyl (C=O) groups is 1. The number of benzene rings is 1. The van der Waals surface area contributed by atoms with Gasteiger partial charge in [-0.3, -0.25) is 4.79 Å². The summed E-state index contributed by atoms with van der Waals surface area (Å²) in [5.41, 5.74) is 1.94. The Kier molecular flexibility index (Phi) is 6.52. The van der Waals surface area contributed by atoms with Gasteiger partial charge in [0, 0.05) is 18.0 Å². The van der Waals surface area contributed by atoms with Crippen molar-refractivity contribution in [1.29, 1.82) is 0 Å². The number of ether oxygens (including phenoxy) is 1. The molecule has 0 saturated carbocycles. The average molecular weight is 345 g/mol. The maximum Gasteiger partial charge on any atom is 0.244 e. The first-order valence-corrected chi connectivity index (χ1v) is 8.56. The SMILES string of the molecule is COc1ccc(C(CNC(=O)/C=C/c2csc(C)n2)N(C)C)cc1. The van der Waals surface area contributed by atoms with Gasteiger partial charge in [0.2, 0.25) is 5.91 Å². The number of hydrogen-bond acceptors (Lipinski definition) is 5. The number of rotatable bonds is 7. The minimum Gasteiger partial charge on any atom is -0.497 e. The molecule has 5 nitrogen and oxygen atoms in total. The molecule has 0 spiro atoms. The molecule has 0 radical (unpaired) electrons. The van der Waals surface area contributed by atoms with Crippen LogP contribution in [0.4, 0.5) is 0 Å². The van der Waals surface area contributed by atoms with Crippen molar-refractivity contribution in [3.8, 4) is 5.75 Å². The van der Waals surface area contributed by atoms with E-state index in [2.05, 4.69) is 15.2 Å². The lowest BCUT2D eigenvalue weighted by atomic mass is 10.1. The summed E-state index contributed by atoms with van der Waals surface area (Å²) in [5.74, 6) is 0.697. The fraction of sp³-hybridized carbons (Fsp3) is 0.333. The third kappa shape index (κ3) is 5.18. The number of methoxy groups -OCH3 is 1. The van der Waals surface area contributed by atoms with Gasteiger partial charge >= 0.3 is 0 Å². The molecule has 1 heterocycles. The maximum atomic E-state index is 12.0. The summed E-state index contributed by atoms with van der Waals surface area (Å²) in [4.78, 5) is 18.4. The number of aromatic nitrogens is 1. The number of nitrogens with one attached hydrogen (secondary N) is 1. The predicted molar refractivity (Wildman–Crippen MR) is 98.3 cm³/mol. The summed E-state index contributed by atoms with van der Waals surface area (Å²) in [7, 11) is 5.64. The monoisotopic (exact) mass is 345 g/mol. The van der Waals surface area contributed by atoms with Gasteiger partial charge in [0.25, 0.3) is 0 Å². The van der Waals surface area contributed by atoms with E-state index in [9.17, 15) is 4.79 Å². The van der Waals surface area contributed by atoms with E-state index in [0.717, 1.165) is 22.0 Å². The molecule has 128 valence electrons. The number of hydrogen-bond donors (Lipinski definition) is 1. The van der Waals surface area contributed by atoms with E-state index >= 15 is 0 Å². The van der Waals surface area contributed by atoms with Crippen LogP contribution in [0.3, 0.4) is 0 Å². The van der Waals surface area contributed by atoms with Crippen LogP contribution < -0.4 is 10.1 Å². The van der Waals surface area contributed by atoms with Crippen LogP contribution in [0.1, 0.15) is 22.3 Å². The van der Waals surface area contributed by atoms with Crippen molar-refractivity contribution in [3.05, 3.63) is 52.0 Å². The van der Waals surface area contributed by atoms with Crippen LogP contribution in [0.15, 0.2) is 35.7 Å². The average Bonchev–Trinajstić information content (AvgIpc) is 2.99. The van der Waals surface area contributed by atoms with E-state index in [4.69, 9.17) is 4.74 Å². The highest BCUT2D eigenvalue weighted by atomic mass is 32.1. The zero-order valence-corrected chi connectivity index (χ0v) is 15.3. The molecule has 1 unspecified atom stereocenters. The zero-order chi connectivity index (χ0) is 17.5. The van der Waals surface area contributed by atoms with E-state index in [1.165, 1.54) is 6.08 Å². The molecule has 1 aromatic carbocycles. The molecular formula is C18H23N3O2S. The second kappa shape index (κ2) is 8.61. The maximum absolute atomic E-state index is 12.0. The number of amides is 1. The van der Waals surface area contributed by atoms with E-state index in [-0.39, 0.29) is 11.9 Å². The fourth-order valence-electron chi connectivity index (χ4n) is 2.30. The molecule has 2 aromatic rings. The molecule has 24 heavy (non-hydrogen) atoms. The lowest BCUT2D eigenvalue weighted by Gasteiger charge is -2.25. The predicted octanol–water partition coefficient (Wildman–Crippen LogP) is 2.89. The largest absolute Gasteiger partial charge is 0.497 e. The molecule has 6 heteroatoms. The molecule has 0 fully saturated rings. The van der Waals surface area contributed by atoms with E-state index in [1.807, 2.05) is 50.7 Å². The summed E-state index contributed by atoms with van der Waals surface area (Å²) in [6.45, 7) is 2.47. The molecule has 0 aliphatic heterocycles. The van der Waals surface area contributed by atoms with Crippen LogP contribution in [-0.4, -0.2) is 43.5 Å². The summed E-state index contributed by atoms with van der Waals surface area (Å²) < 4.78 is 5.19. The Morgan fingerprint density at radius 1 is 1.38 bits per heavy atom. The summed E-state index contributed by atoms with van der Waals surface area (Å²) in [5, 5.41) is 5.86. The van der Waals surface area contributed by atoms with Gasteiger partial charge in [-0.1, -0.05) is 12.1 Å². The smallest absolute Gasteiger partial charge is 0.244 e. The number of carbonyl (C=O) groups excluding carboxylic acids is 1. The Bertz CT molecular complexity index is 693. The summed E-state index contributed by atoms with van der Waals surface area (Å²) in [6.07, 6.45) is 3.26. The van der Waals surface area contributed by atoms with Crippen LogP contribution in [0, 0.1) is 6.92 Å². The van der Waals surface area contributed by atoms with E-state index in [1.54, 1.807) is 24.5 Å². The third-order valence-corrected chi connectivity index (χ3v) is 4.43. The fourth-order valence-corrected chi connectivity index (χ4v) is 2.88. The molecule has 2 rings (SSSR count). The number of aryl methyl sites for hydroxylation is 1. The van der Waals surface area contributed by atoms with Crippen molar-refractivity contribution in [3.63, 3.8) is 0 Å². The van der Waals surface area contributed by atoms with E-state index in [0.29, 0.717) is 6.54 Å². The summed E-state index contributed by atoms with van der Waals surface area (Å²) in [6, 6.07) is 7.98. The molecule has 1 N–H and O–H groups in total. The van der Waals surface area contributed by atoms with Crippen molar-refractivity contribution in [1.82, 2.24) is 15.2 Å². The topological polar surface area (TPSA) is 54.5 Å². The molecule has 0 saturated heterocycles. The first kappa shape index (κ1) is 18.2. The van der Waals surface area contributed by atoms with Crippen LogP contribution in [-0.2, 0) is 4.79 Å². The lowest BCUT2D eigenvalue weighted by Crippen LogP contribution is -2.33. The highest BCUT2D eigenvalue weighted by Crippen LogP contribution is 2.20. The van der Waals surface area contributed by atoms with Crippen LogP contribution >= 0.6 is 11.3 Å². The van der Waals surface area contributed by atoms with Gasteiger partial charge in [-0.15, -0.1) is 11.3 Å². The first-order valence-electron chi connectivity index (χ1n) is 7.68. The standard InChI is InChI=1S/C18H23N3O2S/c1-13-20-15(12-24-13)7-10-18(22)19-11-17(21(2)3)14-5-8-16(23-4)9-6-14/h5-10,12,17H,11H2,1-4H3,(H,19,22)/b10-7+. The van der Waals surface area contributed by atoms with Crippen molar-refractivity contribution in [2.45, 2.75) is 13.0 Å². The number of thiazole rings is 1. The van der Waals surface area contributed by atoms with Gasteiger partial charge in [0.05, 0.1) is 23.9 Å². The molecule has 0 bridgehead atoms. The van der Waals surface area contributed by atoms with Gasteiger partial charge < -0.3 is 15.0 Å². The Morgan fingerprint density at radius 3 is 2.62 bits per heavy atom. The minimum atomic E-state index is -0.124.